The van der Waals surface area contributed by atoms with E-state index in [2.05, 4.69) is 15.3 Å². The Hall–Kier alpha value is -3.42. The molecule has 0 saturated heterocycles. The maximum atomic E-state index is 12.8. The van der Waals surface area contributed by atoms with Crippen LogP contribution in [0.3, 0.4) is 0 Å². The zero-order valence-electron chi connectivity index (χ0n) is 15.7. The van der Waals surface area contributed by atoms with Crippen molar-refractivity contribution in [3.63, 3.8) is 0 Å². The highest BCUT2D eigenvalue weighted by molar-refractivity contribution is 5.93. The Morgan fingerprint density at radius 2 is 1.55 bits per heavy atom. The lowest BCUT2D eigenvalue weighted by molar-refractivity contribution is -0.137. The van der Waals surface area contributed by atoms with Crippen molar-refractivity contribution in [3.05, 3.63) is 87.8 Å². The lowest BCUT2D eigenvalue weighted by atomic mass is 9.93. The number of alkyl halides is 3. The molecule has 1 heterocycles. The highest BCUT2D eigenvalue weighted by Gasteiger charge is 2.31. The van der Waals surface area contributed by atoms with Crippen LogP contribution in [-0.2, 0) is 11.7 Å². The van der Waals surface area contributed by atoms with Crippen molar-refractivity contribution in [1.82, 2.24) is 15.3 Å². The molecule has 8 heteroatoms. The summed E-state index contributed by atoms with van der Waals surface area (Å²) < 4.78 is 38.3. The molecule has 0 saturated carbocycles. The maximum Gasteiger partial charge on any atom is 0.416 e. The Morgan fingerprint density at radius 1 is 0.966 bits per heavy atom. The number of hydrogen-bond donors (Lipinski definition) is 2. The minimum absolute atomic E-state index is 0.0902. The molecule has 0 radical (unpaired) electrons. The van der Waals surface area contributed by atoms with E-state index in [9.17, 15) is 22.8 Å². The second-order valence-electron chi connectivity index (χ2n) is 7.00. The van der Waals surface area contributed by atoms with Gasteiger partial charge in [0.05, 0.1) is 11.1 Å². The van der Waals surface area contributed by atoms with Gasteiger partial charge in [0.15, 0.2) is 0 Å². The number of benzene rings is 2. The number of carbonyl (C=O) groups excluding carboxylic acids is 1. The van der Waals surface area contributed by atoms with Gasteiger partial charge in [-0.3, -0.25) is 9.59 Å². The van der Waals surface area contributed by atoms with Crippen LogP contribution in [0.1, 0.15) is 35.5 Å². The van der Waals surface area contributed by atoms with Crippen molar-refractivity contribution in [2.45, 2.75) is 25.6 Å². The van der Waals surface area contributed by atoms with Crippen LogP contribution in [-0.4, -0.2) is 15.9 Å². The summed E-state index contributed by atoms with van der Waals surface area (Å²) in [5.74, 6) is -0.367. The lowest BCUT2D eigenvalue weighted by Crippen LogP contribution is -2.41. The minimum atomic E-state index is -4.44. The number of hydrogen-bond acceptors (Lipinski definition) is 3. The first-order valence-electron chi connectivity index (χ1n) is 8.73. The number of carbonyl (C=O) groups is 1. The fraction of sp³-hybridized carbons (Fsp3) is 0.190. The second-order valence-corrected chi connectivity index (χ2v) is 7.00. The third-order valence-electron chi connectivity index (χ3n) is 4.38. The number of rotatable bonds is 4. The Balaban J connectivity index is 1.86. The van der Waals surface area contributed by atoms with Crippen LogP contribution in [0.5, 0.6) is 0 Å². The summed E-state index contributed by atoms with van der Waals surface area (Å²) in [5, 5.41) is 2.72. The van der Waals surface area contributed by atoms with Gasteiger partial charge in [-0.25, -0.2) is 4.98 Å². The van der Waals surface area contributed by atoms with Crippen LogP contribution >= 0.6 is 0 Å². The quantitative estimate of drug-likeness (QED) is 0.691. The maximum absolute atomic E-state index is 12.8. The molecule has 0 aliphatic carbocycles. The third-order valence-corrected chi connectivity index (χ3v) is 4.38. The van der Waals surface area contributed by atoms with Crippen molar-refractivity contribution in [2.24, 2.45) is 0 Å². The summed E-state index contributed by atoms with van der Waals surface area (Å²) in [6.45, 7) is 3.30. The van der Waals surface area contributed by atoms with Crippen molar-refractivity contribution in [2.75, 3.05) is 0 Å². The Bertz CT molecular complexity index is 1070. The van der Waals surface area contributed by atoms with Crippen LogP contribution in [0.4, 0.5) is 13.2 Å². The molecular formula is C21H18F3N3O2. The predicted octanol–water partition coefficient (Wildman–Crippen LogP) is 4.12. The Labute approximate surface area is 164 Å². The highest BCUT2D eigenvalue weighted by Crippen LogP contribution is 2.31. The van der Waals surface area contributed by atoms with Crippen molar-refractivity contribution < 1.29 is 18.0 Å². The topological polar surface area (TPSA) is 74.8 Å². The molecule has 0 unspecified atom stereocenters. The van der Waals surface area contributed by atoms with Gasteiger partial charge in [0.2, 0.25) is 0 Å². The van der Waals surface area contributed by atoms with Gasteiger partial charge in [-0.2, -0.15) is 13.2 Å². The fourth-order valence-electron chi connectivity index (χ4n) is 2.80. The molecule has 1 aromatic heterocycles. The molecule has 2 N–H and O–H groups in total. The predicted molar refractivity (Wildman–Crippen MR) is 102 cm³/mol. The zero-order valence-corrected chi connectivity index (χ0v) is 15.7. The van der Waals surface area contributed by atoms with Gasteiger partial charge in [0.1, 0.15) is 11.5 Å². The molecule has 3 rings (SSSR count). The summed E-state index contributed by atoms with van der Waals surface area (Å²) in [5.41, 5.74) is -1.22. The molecule has 0 fully saturated rings. The molecule has 0 spiro atoms. The van der Waals surface area contributed by atoms with Gasteiger partial charge in [-0.1, -0.05) is 42.5 Å². The summed E-state index contributed by atoms with van der Waals surface area (Å²) in [6, 6.07) is 14.5. The van der Waals surface area contributed by atoms with Crippen LogP contribution in [0.2, 0.25) is 0 Å². The van der Waals surface area contributed by atoms with Crippen molar-refractivity contribution >= 4 is 5.91 Å². The van der Waals surface area contributed by atoms with E-state index < -0.39 is 28.7 Å². The van der Waals surface area contributed by atoms with E-state index in [1.165, 1.54) is 12.1 Å². The van der Waals surface area contributed by atoms with E-state index in [4.69, 9.17) is 0 Å². The van der Waals surface area contributed by atoms with Crippen LogP contribution in [0.25, 0.3) is 11.4 Å². The number of halogens is 3. The Kier molecular flexibility index (Phi) is 5.28. The van der Waals surface area contributed by atoms with E-state index >= 15 is 0 Å². The number of amides is 1. The number of aromatic amines is 1. The first-order chi connectivity index (χ1) is 13.6. The van der Waals surface area contributed by atoms with Gasteiger partial charge in [-0.05, 0) is 31.5 Å². The monoisotopic (exact) mass is 401 g/mol. The molecule has 5 nitrogen and oxygen atoms in total. The first kappa shape index (κ1) is 20.3. The van der Waals surface area contributed by atoms with Crippen LogP contribution in [0.15, 0.2) is 65.5 Å². The summed E-state index contributed by atoms with van der Waals surface area (Å²) in [7, 11) is 0. The second kappa shape index (κ2) is 7.54. The van der Waals surface area contributed by atoms with Crippen molar-refractivity contribution in [1.29, 1.82) is 0 Å². The zero-order chi connectivity index (χ0) is 21.2. The SMILES string of the molecule is CC(C)(NC(=O)c1cc(=O)[nH]c(-c2ccccc2)n1)c1ccc(C(F)(F)F)cc1. The molecule has 0 bridgehead atoms. The van der Waals surface area contributed by atoms with E-state index in [0.29, 0.717) is 11.1 Å². The minimum Gasteiger partial charge on any atom is -0.342 e. The fourth-order valence-corrected chi connectivity index (χ4v) is 2.80. The number of aromatic nitrogens is 2. The van der Waals surface area contributed by atoms with Gasteiger partial charge in [0, 0.05) is 11.6 Å². The summed E-state index contributed by atoms with van der Waals surface area (Å²) >= 11 is 0. The van der Waals surface area contributed by atoms with Crippen LogP contribution < -0.4 is 10.9 Å². The molecule has 150 valence electrons. The van der Waals surface area contributed by atoms with Gasteiger partial charge >= 0.3 is 6.18 Å². The van der Waals surface area contributed by atoms with E-state index in [-0.39, 0.29) is 11.5 Å². The smallest absolute Gasteiger partial charge is 0.342 e. The number of nitrogens with one attached hydrogen (secondary N) is 2. The molecule has 1 amide bonds. The molecule has 0 atom stereocenters. The molecule has 2 aromatic carbocycles. The highest BCUT2D eigenvalue weighted by atomic mass is 19.4. The standard InChI is InChI=1S/C21H18F3N3O2/c1-20(2,14-8-10-15(11-9-14)21(22,23)24)27-19(29)16-12-17(28)26-18(25-16)13-6-4-3-5-7-13/h3-12H,1-2H3,(H,27,29)(H,25,26,28). The number of nitrogens with zero attached hydrogens (tertiary/aromatic N) is 1. The molecular weight excluding hydrogens is 383 g/mol. The average Bonchev–Trinajstić information content (AvgIpc) is 2.67. The normalized spacial score (nSPS) is 11.9. The number of H-pyrrole nitrogens is 1. The molecule has 0 aliphatic heterocycles. The van der Waals surface area contributed by atoms with Gasteiger partial charge < -0.3 is 10.3 Å². The molecule has 0 aliphatic rings. The third kappa shape index (κ3) is 4.71. The molecule has 3 aromatic rings. The Morgan fingerprint density at radius 3 is 2.14 bits per heavy atom. The van der Waals surface area contributed by atoms with E-state index in [0.717, 1.165) is 18.2 Å². The first-order valence-corrected chi connectivity index (χ1v) is 8.73. The summed E-state index contributed by atoms with van der Waals surface area (Å²) in [6.07, 6.45) is -4.44. The molecule has 29 heavy (non-hydrogen) atoms. The van der Waals surface area contributed by atoms with Crippen LogP contribution in [0, 0.1) is 0 Å². The van der Waals surface area contributed by atoms with E-state index in [1.807, 2.05) is 6.07 Å². The van der Waals surface area contributed by atoms with Gasteiger partial charge in [-0.15, -0.1) is 0 Å². The summed E-state index contributed by atoms with van der Waals surface area (Å²) in [4.78, 5) is 31.5. The largest absolute Gasteiger partial charge is 0.416 e. The lowest BCUT2D eigenvalue weighted by Gasteiger charge is -2.27. The van der Waals surface area contributed by atoms with Crippen molar-refractivity contribution in [3.8, 4) is 11.4 Å². The van der Waals surface area contributed by atoms with E-state index in [1.54, 1.807) is 38.1 Å². The average molecular weight is 401 g/mol. The van der Waals surface area contributed by atoms with Gasteiger partial charge in [0.25, 0.3) is 11.5 Å².